The summed E-state index contributed by atoms with van der Waals surface area (Å²) < 4.78 is 0. The maximum absolute atomic E-state index is 12.4. The SMILES string of the molecule is CCc1ccc(NC2NNNC2C(=O)NCc2ccccc2)cc1. The predicted octanol–water partition coefficient (Wildman–Crippen LogP) is 1.28. The van der Waals surface area contributed by atoms with E-state index in [1.54, 1.807) is 0 Å². The van der Waals surface area contributed by atoms with Crippen LogP contribution in [0.15, 0.2) is 54.6 Å². The van der Waals surface area contributed by atoms with Gasteiger partial charge in [-0.3, -0.25) is 4.79 Å². The lowest BCUT2D eigenvalue weighted by Gasteiger charge is -2.20. The van der Waals surface area contributed by atoms with E-state index in [4.69, 9.17) is 0 Å². The fourth-order valence-corrected chi connectivity index (χ4v) is 2.61. The van der Waals surface area contributed by atoms with Gasteiger partial charge in [0.15, 0.2) is 0 Å². The van der Waals surface area contributed by atoms with E-state index < -0.39 is 6.04 Å². The molecule has 1 aliphatic heterocycles. The number of nitrogens with one attached hydrogen (secondary N) is 5. The molecule has 126 valence electrons. The highest BCUT2D eigenvalue weighted by molar-refractivity contribution is 5.83. The van der Waals surface area contributed by atoms with Crippen molar-refractivity contribution in [2.24, 2.45) is 0 Å². The second-order valence-electron chi connectivity index (χ2n) is 5.77. The van der Waals surface area contributed by atoms with Crippen molar-refractivity contribution in [3.8, 4) is 0 Å². The summed E-state index contributed by atoms with van der Waals surface area (Å²) in [5.41, 5.74) is 12.1. The highest BCUT2D eigenvalue weighted by Gasteiger charge is 2.32. The molecule has 2 unspecified atom stereocenters. The third-order valence-corrected chi connectivity index (χ3v) is 4.07. The molecule has 3 rings (SSSR count). The number of hydrogen-bond acceptors (Lipinski definition) is 5. The molecular formula is C18H23N5O. The first-order valence-electron chi connectivity index (χ1n) is 8.19. The summed E-state index contributed by atoms with van der Waals surface area (Å²) in [6.45, 7) is 2.64. The standard InChI is InChI=1S/C18H23N5O/c1-2-13-8-10-15(11-9-13)20-17-16(21-23-22-17)18(24)19-12-14-6-4-3-5-7-14/h3-11,16-17,20-23H,2,12H2,1H3,(H,19,24). The molecule has 0 bridgehead atoms. The van der Waals surface area contributed by atoms with Crippen LogP contribution < -0.4 is 27.0 Å². The molecule has 5 N–H and O–H groups in total. The number of aryl methyl sites for hydroxylation is 1. The van der Waals surface area contributed by atoms with Crippen molar-refractivity contribution in [2.45, 2.75) is 32.1 Å². The molecule has 1 heterocycles. The first-order valence-corrected chi connectivity index (χ1v) is 8.19. The molecule has 0 spiro atoms. The minimum Gasteiger partial charge on any atom is -0.367 e. The van der Waals surface area contributed by atoms with E-state index in [0.29, 0.717) is 6.54 Å². The number of rotatable bonds is 6. The van der Waals surface area contributed by atoms with Gasteiger partial charge in [-0.15, -0.1) is 0 Å². The minimum atomic E-state index is -0.417. The van der Waals surface area contributed by atoms with Crippen LogP contribution in [0.3, 0.4) is 0 Å². The van der Waals surface area contributed by atoms with Gasteiger partial charge in [0.25, 0.3) is 0 Å². The van der Waals surface area contributed by atoms with Crippen molar-refractivity contribution in [3.63, 3.8) is 0 Å². The van der Waals surface area contributed by atoms with E-state index >= 15 is 0 Å². The number of hydrogen-bond donors (Lipinski definition) is 5. The minimum absolute atomic E-state index is 0.0703. The van der Waals surface area contributed by atoms with E-state index in [-0.39, 0.29) is 12.1 Å². The van der Waals surface area contributed by atoms with Gasteiger partial charge in [-0.25, -0.2) is 10.9 Å². The summed E-state index contributed by atoms with van der Waals surface area (Å²) >= 11 is 0. The molecule has 0 saturated carbocycles. The zero-order chi connectivity index (χ0) is 16.8. The van der Waals surface area contributed by atoms with Gasteiger partial charge in [-0.05, 0) is 29.7 Å². The van der Waals surface area contributed by atoms with Gasteiger partial charge in [0.1, 0.15) is 12.2 Å². The molecule has 2 atom stereocenters. The van der Waals surface area contributed by atoms with E-state index in [1.807, 2.05) is 42.5 Å². The predicted molar refractivity (Wildman–Crippen MR) is 94.7 cm³/mol. The molecule has 1 amide bonds. The monoisotopic (exact) mass is 325 g/mol. The molecule has 2 aromatic carbocycles. The molecule has 6 nitrogen and oxygen atoms in total. The summed E-state index contributed by atoms with van der Waals surface area (Å²) in [7, 11) is 0. The quantitative estimate of drug-likeness (QED) is 0.553. The maximum Gasteiger partial charge on any atom is 0.242 e. The summed E-state index contributed by atoms with van der Waals surface area (Å²) in [6, 6.07) is 17.7. The third kappa shape index (κ3) is 4.11. The highest BCUT2D eigenvalue weighted by Crippen LogP contribution is 2.12. The second-order valence-corrected chi connectivity index (χ2v) is 5.77. The van der Waals surface area contributed by atoms with Gasteiger partial charge >= 0.3 is 0 Å². The van der Waals surface area contributed by atoms with E-state index in [9.17, 15) is 4.79 Å². The first-order chi connectivity index (χ1) is 11.8. The van der Waals surface area contributed by atoms with Crippen molar-refractivity contribution < 1.29 is 4.79 Å². The van der Waals surface area contributed by atoms with Crippen molar-refractivity contribution in [1.29, 1.82) is 0 Å². The van der Waals surface area contributed by atoms with Gasteiger partial charge in [0.05, 0.1) is 0 Å². The Bertz CT molecular complexity index is 659. The Hall–Kier alpha value is -2.41. The van der Waals surface area contributed by atoms with Crippen LogP contribution in [0.25, 0.3) is 0 Å². The number of amides is 1. The molecule has 6 heteroatoms. The molecule has 0 aromatic heterocycles. The number of benzene rings is 2. The van der Waals surface area contributed by atoms with Gasteiger partial charge in [-0.2, -0.15) is 5.53 Å². The topological polar surface area (TPSA) is 77.2 Å². The van der Waals surface area contributed by atoms with Crippen LogP contribution in [-0.2, 0) is 17.8 Å². The van der Waals surface area contributed by atoms with Crippen LogP contribution >= 0.6 is 0 Å². The Morgan fingerprint density at radius 3 is 2.46 bits per heavy atom. The van der Waals surface area contributed by atoms with Crippen LogP contribution in [0.4, 0.5) is 5.69 Å². The van der Waals surface area contributed by atoms with Crippen molar-refractivity contribution >= 4 is 11.6 Å². The van der Waals surface area contributed by atoms with Crippen LogP contribution in [0.1, 0.15) is 18.1 Å². The van der Waals surface area contributed by atoms with Crippen molar-refractivity contribution in [3.05, 3.63) is 65.7 Å². The van der Waals surface area contributed by atoms with Crippen molar-refractivity contribution in [1.82, 2.24) is 21.7 Å². The molecule has 1 aliphatic rings. The van der Waals surface area contributed by atoms with Gasteiger partial charge in [0, 0.05) is 12.2 Å². The van der Waals surface area contributed by atoms with Crippen LogP contribution in [-0.4, -0.2) is 18.1 Å². The molecule has 0 radical (unpaired) electrons. The second kappa shape index (κ2) is 7.92. The molecular weight excluding hydrogens is 302 g/mol. The summed E-state index contributed by atoms with van der Waals surface area (Å²) in [4.78, 5) is 12.4. The van der Waals surface area contributed by atoms with E-state index in [0.717, 1.165) is 17.7 Å². The average molecular weight is 325 g/mol. The Morgan fingerprint density at radius 1 is 1.00 bits per heavy atom. The number of carbonyl (C=O) groups excluding carboxylic acids is 1. The molecule has 24 heavy (non-hydrogen) atoms. The Labute approximate surface area is 142 Å². The molecule has 1 saturated heterocycles. The maximum atomic E-state index is 12.4. The summed E-state index contributed by atoms with van der Waals surface area (Å²) in [6.07, 6.45) is 0.767. The lowest BCUT2D eigenvalue weighted by atomic mass is 10.1. The smallest absolute Gasteiger partial charge is 0.242 e. The summed E-state index contributed by atoms with van der Waals surface area (Å²) in [5, 5.41) is 6.28. The Morgan fingerprint density at radius 2 is 1.75 bits per heavy atom. The van der Waals surface area contributed by atoms with E-state index in [1.165, 1.54) is 5.56 Å². The van der Waals surface area contributed by atoms with Crippen LogP contribution in [0.5, 0.6) is 0 Å². The van der Waals surface area contributed by atoms with Gasteiger partial charge in [0.2, 0.25) is 5.91 Å². The van der Waals surface area contributed by atoms with E-state index in [2.05, 4.69) is 46.1 Å². The molecule has 2 aromatic rings. The Kier molecular flexibility index (Phi) is 5.43. The molecule has 0 aliphatic carbocycles. The zero-order valence-electron chi connectivity index (χ0n) is 13.7. The lowest BCUT2D eigenvalue weighted by Crippen LogP contribution is -2.50. The number of hydrazine groups is 2. The van der Waals surface area contributed by atoms with Gasteiger partial charge in [-0.1, -0.05) is 49.4 Å². The van der Waals surface area contributed by atoms with Crippen LogP contribution in [0, 0.1) is 0 Å². The first kappa shape index (κ1) is 16.4. The number of anilines is 1. The Balaban J connectivity index is 1.56. The lowest BCUT2D eigenvalue weighted by molar-refractivity contribution is -0.123. The summed E-state index contributed by atoms with van der Waals surface area (Å²) in [5.74, 6) is -0.0703. The van der Waals surface area contributed by atoms with Crippen LogP contribution in [0.2, 0.25) is 0 Å². The van der Waals surface area contributed by atoms with Gasteiger partial charge < -0.3 is 10.6 Å². The molecule has 1 fully saturated rings. The zero-order valence-corrected chi connectivity index (χ0v) is 13.7. The largest absolute Gasteiger partial charge is 0.367 e. The third-order valence-electron chi connectivity index (χ3n) is 4.07. The highest BCUT2D eigenvalue weighted by atomic mass is 16.2. The average Bonchev–Trinajstić information content (AvgIpc) is 3.09. The number of carbonyl (C=O) groups is 1. The fourth-order valence-electron chi connectivity index (χ4n) is 2.61. The normalized spacial score (nSPS) is 19.9. The fraction of sp³-hybridized carbons (Fsp3) is 0.278. The van der Waals surface area contributed by atoms with Crippen molar-refractivity contribution in [2.75, 3.05) is 5.32 Å².